The fourth-order valence-electron chi connectivity index (χ4n) is 3.30. The van der Waals surface area contributed by atoms with Crippen molar-refractivity contribution in [1.29, 1.82) is 0 Å². The monoisotopic (exact) mass is 467 g/mol. The fraction of sp³-hybridized carbons (Fsp3) is 0.409. The minimum atomic E-state index is -3.78. The van der Waals surface area contributed by atoms with Gasteiger partial charge in [0.15, 0.2) is 0 Å². The highest BCUT2D eigenvalue weighted by Gasteiger charge is 2.28. The molecule has 1 aliphatic rings. The molecule has 1 heterocycles. The van der Waals surface area contributed by atoms with Crippen molar-refractivity contribution in [3.63, 3.8) is 0 Å². The van der Waals surface area contributed by atoms with Gasteiger partial charge in [0, 0.05) is 13.1 Å². The standard InChI is InChI=1S/C22H26ClNO6S/c1-28-18-7-9-19(10-8-18)29-14-15-30-22(25)17-6-11-20(23)21(16-17)31(26,27)24-12-4-2-3-5-13-24/h6-11,16H,2-5,12-15H2,1H3. The molecule has 0 N–H and O–H groups in total. The second kappa shape index (κ2) is 10.8. The second-order valence-corrected chi connectivity index (χ2v) is 9.44. The first kappa shape index (κ1) is 23.4. The van der Waals surface area contributed by atoms with Crippen LogP contribution in [0.4, 0.5) is 0 Å². The van der Waals surface area contributed by atoms with Gasteiger partial charge >= 0.3 is 5.97 Å². The van der Waals surface area contributed by atoms with E-state index < -0.39 is 16.0 Å². The van der Waals surface area contributed by atoms with Gasteiger partial charge in [-0.3, -0.25) is 0 Å². The van der Waals surface area contributed by atoms with Crippen LogP contribution in [0.25, 0.3) is 0 Å². The molecule has 0 bridgehead atoms. The van der Waals surface area contributed by atoms with Crippen molar-refractivity contribution in [3.05, 3.63) is 53.1 Å². The number of nitrogens with zero attached hydrogens (tertiary/aromatic N) is 1. The van der Waals surface area contributed by atoms with Crippen molar-refractivity contribution in [2.24, 2.45) is 0 Å². The number of rotatable bonds is 8. The molecule has 168 valence electrons. The van der Waals surface area contributed by atoms with Crippen molar-refractivity contribution in [2.45, 2.75) is 30.6 Å². The Kier molecular flexibility index (Phi) is 8.17. The van der Waals surface area contributed by atoms with Gasteiger partial charge in [-0.25, -0.2) is 13.2 Å². The lowest BCUT2D eigenvalue weighted by atomic mass is 10.2. The lowest BCUT2D eigenvalue weighted by molar-refractivity contribution is 0.0450. The summed E-state index contributed by atoms with van der Waals surface area (Å²) in [6, 6.07) is 11.2. The first-order chi connectivity index (χ1) is 14.9. The van der Waals surface area contributed by atoms with Crippen molar-refractivity contribution >= 4 is 27.6 Å². The van der Waals surface area contributed by atoms with E-state index in [1.807, 2.05) is 0 Å². The molecule has 31 heavy (non-hydrogen) atoms. The SMILES string of the molecule is COc1ccc(OCCOC(=O)c2ccc(Cl)c(S(=O)(=O)N3CCCCCC3)c2)cc1. The smallest absolute Gasteiger partial charge is 0.338 e. The lowest BCUT2D eigenvalue weighted by Crippen LogP contribution is -2.32. The number of carbonyl (C=O) groups excluding carboxylic acids is 1. The van der Waals surface area contributed by atoms with Gasteiger partial charge in [-0.05, 0) is 55.3 Å². The average Bonchev–Trinajstić information content (AvgIpc) is 3.07. The van der Waals surface area contributed by atoms with E-state index in [2.05, 4.69) is 0 Å². The molecule has 0 radical (unpaired) electrons. The summed E-state index contributed by atoms with van der Waals surface area (Å²) >= 11 is 6.17. The van der Waals surface area contributed by atoms with Gasteiger partial charge in [0.25, 0.3) is 0 Å². The molecule has 0 aliphatic carbocycles. The maximum Gasteiger partial charge on any atom is 0.338 e. The highest BCUT2D eigenvalue weighted by molar-refractivity contribution is 7.89. The number of benzene rings is 2. The van der Waals surface area contributed by atoms with E-state index in [0.29, 0.717) is 24.6 Å². The zero-order valence-corrected chi connectivity index (χ0v) is 19.0. The molecule has 0 unspecified atom stereocenters. The van der Waals surface area contributed by atoms with Crippen LogP contribution in [0.15, 0.2) is 47.4 Å². The molecule has 7 nitrogen and oxygen atoms in total. The van der Waals surface area contributed by atoms with E-state index in [1.54, 1.807) is 31.4 Å². The largest absolute Gasteiger partial charge is 0.497 e. The second-order valence-electron chi connectivity index (χ2n) is 7.12. The molecule has 3 rings (SSSR count). The summed E-state index contributed by atoms with van der Waals surface area (Å²) in [4.78, 5) is 12.3. The third-order valence-corrected chi connectivity index (χ3v) is 7.37. The lowest BCUT2D eigenvalue weighted by Gasteiger charge is -2.21. The zero-order chi connectivity index (χ0) is 22.3. The Morgan fingerprint density at radius 2 is 1.61 bits per heavy atom. The molecule has 2 aromatic carbocycles. The topological polar surface area (TPSA) is 82.1 Å². The summed E-state index contributed by atoms with van der Waals surface area (Å²) < 4.78 is 43.4. The van der Waals surface area contributed by atoms with Gasteiger partial charge in [0.2, 0.25) is 10.0 Å². The summed E-state index contributed by atoms with van der Waals surface area (Å²) in [5.41, 5.74) is 0.127. The molecule has 1 fully saturated rings. The minimum Gasteiger partial charge on any atom is -0.497 e. The van der Waals surface area contributed by atoms with Crippen LogP contribution in [0.5, 0.6) is 11.5 Å². The third kappa shape index (κ3) is 6.12. The molecule has 1 saturated heterocycles. The Morgan fingerprint density at radius 1 is 0.968 bits per heavy atom. The summed E-state index contributed by atoms with van der Waals surface area (Å²) in [6.07, 6.45) is 3.63. The van der Waals surface area contributed by atoms with Crippen LogP contribution in [0.3, 0.4) is 0 Å². The molecule has 0 aromatic heterocycles. The van der Waals surface area contributed by atoms with E-state index >= 15 is 0 Å². The molecule has 9 heteroatoms. The Hall–Kier alpha value is -2.29. The van der Waals surface area contributed by atoms with E-state index in [-0.39, 0.29) is 28.7 Å². The van der Waals surface area contributed by atoms with E-state index in [4.69, 9.17) is 25.8 Å². The summed E-state index contributed by atoms with van der Waals surface area (Å²) in [7, 11) is -2.20. The number of ether oxygens (including phenoxy) is 3. The van der Waals surface area contributed by atoms with Gasteiger partial charge in [-0.15, -0.1) is 0 Å². The first-order valence-corrected chi connectivity index (χ1v) is 12.0. The third-order valence-electron chi connectivity index (χ3n) is 4.99. The predicted molar refractivity (Wildman–Crippen MR) is 117 cm³/mol. The highest BCUT2D eigenvalue weighted by Crippen LogP contribution is 2.28. The van der Waals surface area contributed by atoms with Crippen molar-refractivity contribution in [3.8, 4) is 11.5 Å². The number of methoxy groups -OCH3 is 1. The maximum atomic E-state index is 13.1. The quantitative estimate of drug-likeness (QED) is 0.428. The van der Waals surface area contributed by atoms with Crippen molar-refractivity contribution in [1.82, 2.24) is 4.31 Å². The predicted octanol–water partition coefficient (Wildman–Crippen LogP) is 4.15. The highest BCUT2D eigenvalue weighted by atomic mass is 35.5. The Bertz CT molecular complexity index is 986. The van der Waals surface area contributed by atoms with Gasteiger partial charge in [-0.2, -0.15) is 4.31 Å². The molecular formula is C22H26ClNO6S. The number of esters is 1. The Morgan fingerprint density at radius 3 is 2.26 bits per heavy atom. The molecule has 2 aromatic rings. The van der Waals surface area contributed by atoms with Crippen LogP contribution in [0.1, 0.15) is 36.0 Å². The molecule has 0 saturated carbocycles. The normalized spacial score (nSPS) is 15.2. The first-order valence-electron chi connectivity index (χ1n) is 10.2. The van der Waals surface area contributed by atoms with E-state index in [0.717, 1.165) is 25.7 Å². The molecule has 0 amide bonds. The number of carbonyl (C=O) groups is 1. The molecule has 0 spiro atoms. The number of hydrogen-bond acceptors (Lipinski definition) is 6. The van der Waals surface area contributed by atoms with Gasteiger partial charge in [-0.1, -0.05) is 24.4 Å². The number of hydrogen-bond donors (Lipinski definition) is 0. The van der Waals surface area contributed by atoms with E-state index in [1.165, 1.54) is 22.5 Å². The number of halogens is 1. The van der Waals surface area contributed by atoms with Crippen LogP contribution in [0, 0.1) is 0 Å². The van der Waals surface area contributed by atoms with Crippen LogP contribution in [0.2, 0.25) is 5.02 Å². The zero-order valence-electron chi connectivity index (χ0n) is 17.4. The maximum absolute atomic E-state index is 13.1. The summed E-state index contributed by atoms with van der Waals surface area (Å²) in [6.45, 7) is 1.08. The minimum absolute atomic E-state index is 0.0156. The average molecular weight is 468 g/mol. The van der Waals surface area contributed by atoms with Gasteiger partial charge in [0.1, 0.15) is 29.6 Å². The van der Waals surface area contributed by atoms with E-state index in [9.17, 15) is 13.2 Å². The fourth-order valence-corrected chi connectivity index (χ4v) is 5.32. The van der Waals surface area contributed by atoms with Crippen LogP contribution < -0.4 is 9.47 Å². The molecule has 0 atom stereocenters. The Balaban J connectivity index is 1.61. The van der Waals surface area contributed by atoms with Gasteiger partial charge in [0.05, 0.1) is 17.7 Å². The summed E-state index contributed by atoms with van der Waals surface area (Å²) in [5, 5.41) is 0.0867. The number of sulfonamides is 1. The van der Waals surface area contributed by atoms with Crippen molar-refractivity contribution < 1.29 is 27.4 Å². The van der Waals surface area contributed by atoms with Crippen LogP contribution >= 0.6 is 11.6 Å². The van der Waals surface area contributed by atoms with Gasteiger partial charge < -0.3 is 14.2 Å². The van der Waals surface area contributed by atoms with Crippen molar-refractivity contribution in [2.75, 3.05) is 33.4 Å². The summed E-state index contributed by atoms with van der Waals surface area (Å²) in [5.74, 6) is 0.698. The van der Waals surface area contributed by atoms with Crippen LogP contribution in [-0.4, -0.2) is 52.1 Å². The molecular weight excluding hydrogens is 442 g/mol. The Labute approximate surface area is 187 Å². The molecule has 1 aliphatic heterocycles. The van der Waals surface area contributed by atoms with Crippen LogP contribution in [-0.2, 0) is 14.8 Å².